The predicted octanol–water partition coefficient (Wildman–Crippen LogP) is 4.00. The van der Waals surface area contributed by atoms with Crippen molar-refractivity contribution in [2.75, 3.05) is 12.8 Å². The van der Waals surface area contributed by atoms with Gasteiger partial charge in [-0.15, -0.1) is 22.7 Å². The van der Waals surface area contributed by atoms with E-state index in [2.05, 4.69) is 18.2 Å². The van der Waals surface area contributed by atoms with Crippen molar-refractivity contribution in [2.45, 2.75) is 0 Å². The number of carbonyl (C=O) groups is 1. The molecule has 0 saturated heterocycles. The van der Waals surface area contributed by atoms with Gasteiger partial charge in [0, 0.05) is 14.5 Å². The number of hydrogen-bond acceptors (Lipinski definition) is 5. The number of benzene rings is 1. The van der Waals surface area contributed by atoms with Gasteiger partial charge in [0.2, 0.25) is 0 Å². The fourth-order valence-corrected chi connectivity index (χ4v) is 4.01. The van der Waals surface area contributed by atoms with Crippen LogP contribution in [-0.4, -0.2) is 13.1 Å². The third kappa shape index (κ3) is 2.11. The molecule has 0 saturated carbocycles. The first-order valence-electron chi connectivity index (χ1n) is 5.65. The average Bonchev–Trinajstić information content (AvgIpc) is 3.00. The smallest absolute Gasteiger partial charge is 0.350 e. The monoisotopic (exact) mass is 289 g/mol. The van der Waals surface area contributed by atoms with Crippen LogP contribution in [-0.2, 0) is 4.74 Å². The Kier molecular flexibility index (Phi) is 3.00. The quantitative estimate of drug-likeness (QED) is 0.725. The van der Waals surface area contributed by atoms with Crippen LogP contribution in [0.5, 0.6) is 0 Å². The fourth-order valence-electron chi connectivity index (χ4n) is 1.88. The summed E-state index contributed by atoms with van der Waals surface area (Å²) in [6, 6.07) is 12.1. The summed E-state index contributed by atoms with van der Waals surface area (Å²) >= 11 is 3.07. The molecule has 1 aromatic carbocycles. The van der Waals surface area contributed by atoms with E-state index in [-0.39, 0.29) is 5.97 Å². The highest BCUT2D eigenvalue weighted by atomic mass is 32.1. The summed E-state index contributed by atoms with van der Waals surface area (Å²) in [6.07, 6.45) is 0. The molecule has 2 N–H and O–H groups in total. The number of methoxy groups -OCH3 is 1. The van der Waals surface area contributed by atoms with Gasteiger partial charge in [0.15, 0.2) is 0 Å². The van der Waals surface area contributed by atoms with Crippen molar-refractivity contribution in [1.29, 1.82) is 0 Å². The van der Waals surface area contributed by atoms with E-state index in [0.29, 0.717) is 10.6 Å². The summed E-state index contributed by atoms with van der Waals surface area (Å²) in [7, 11) is 1.36. The van der Waals surface area contributed by atoms with Gasteiger partial charge in [-0.3, -0.25) is 0 Å². The normalized spacial score (nSPS) is 10.8. The molecule has 0 radical (unpaired) electrons. The Balaban J connectivity index is 2.09. The summed E-state index contributed by atoms with van der Waals surface area (Å²) in [5.41, 5.74) is 6.34. The van der Waals surface area contributed by atoms with Gasteiger partial charge < -0.3 is 10.5 Å². The van der Waals surface area contributed by atoms with Crippen molar-refractivity contribution >= 4 is 44.4 Å². The second-order valence-corrected chi connectivity index (χ2v) is 6.17. The standard InChI is InChI=1S/C14H11NO2S2/c1-17-14(16)13-9(15)7-12(19-13)11-6-8-4-2-3-5-10(8)18-11/h2-7H,15H2,1H3. The van der Waals surface area contributed by atoms with E-state index in [1.165, 1.54) is 28.5 Å². The van der Waals surface area contributed by atoms with Crippen LogP contribution in [0.15, 0.2) is 36.4 Å². The summed E-state index contributed by atoms with van der Waals surface area (Å²) in [6.45, 7) is 0. The Morgan fingerprint density at radius 1 is 1.16 bits per heavy atom. The van der Waals surface area contributed by atoms with E-state index in [1.54, 1.807) is 11.3 Å². The number of esters is 1. The topological polar surface area (TPSA) is 52.3 Å². The molecule has 0 unspecified atom stereocenters. The lowest BCUT2D eigenvalue weighted by Crippen LogP contribution is -2.00. The van der Waals surface area contributed by atoms with E-state index in [0.717, 1.165) is 9.75 Å². The highest BCUT2D eigenvalue weighted by Crippen LogP contribution is 2.39. The molecule has 19 heavy (non-hydrogen) atoms. The van der Waals surface area contributed by atoms with E-state index in [1.807, 2.05) is 18.2 Å². The molecule has 0 spiro atoms. The van der Waals surface area contributed by atoms with Crippen molar-refractivity contribution in [3.8, 4) is 9.75 Å². The Morgan fingerprint density at radius 3 is 2.63 bits per heavy atom. The van der Waals surface area contributed by atoms with Crippen molar-refractivity contribution in [3.63, 3.8) is 0 Å². The van der Waals surface area contributed by atoms with Gasteiger partial charge in [0.25, 0.3) is 0 Å². The maximum atomic E-state index is 11.6. The minimum Gasteiger partial charge on any atom is -0.465 e. The highest BCUT2D eigenvalue weighted by molar-refractivity contribution is 7.26. The van der Waals surface area contributed by atoms with Crippen LogP contribution >= 0.6 is 22.7 Å². The zero-order chi connectivity index (χ0) is 13.4. The lowest BCUT2D eigenvalue weighted by molar-refractivity contribution is 0.0607. The van der Waals surface area contributed by atoms with Gasteiger partial charge in [0.05, 0.1) is 12.8 Å². The van der Waals surface area contributed by atoms with Crippen LogP contribution in [0, 0.1) is 0 Å². The van der Waals surface area contributed by atoms with Crippen molar-refractivity contribution in [1.82, 2.24) is 0 Å². The number of nitrogen functional groups attached to an aromatic ring is 1. The van der Waals surface area contributed by atoms with Gasteiger partial charge in [-0.25, -0.2) is 4.79 Å². The summed E-state index contributed by atoms with van der Waals surface area (Å²) in [4.78, 5) is 14.1. The lowest BCUT2D eigenvalue weighted by Gasteiger charge is -1.94. The van der Waals surface area contributed by atoms with Gasteiger partial charge in [-0.1, -0.05) is 18.2 Å². The zero-order valence-electron chi connectivity index (χ0n) is 10.2. The Bertz CT molecular complexity index is 725. The maximum Gasteiger partial charge on any atom is 0.350 e. The van der Waals surface area contributed by atoms with Crippen LogP contribution in [0.3, 0.4) is 0 Å². The number of hydrogen-bond donors (Lipinski definition) is 1. The minimum absolute atomic E-state index is 0.380. The van der Waals surface area contributed by atoms with E-state index >= 15 is 0 Å². The number of nitrogens with two attached hydrogens (primary N) is 1. The average molecular weight is 289 g/mol. The van der Waals surface area contributed by atoms with Crippen molar-refractivity contribution < 1.29 is 9.53 Å². The van der Waals surface area contributed by atoms with Gasteiger partial charge in [-0.2, -0.15) is 0 Å². The predicted molar refractivity (Wildman–Crippen MR) is 80.9 cm³/mol. The number of thiophene rings is 2. The molecule has 3 nitrogen and oxygen atoms in total. The van der Waals surface area contributed by atoms with Gasteiger partial charge >= 0.3 is 5.97 Å². The van der Waals surface area contributed by atoms with E-state index in [9.17, 15) is 4.79 Å². The SMILES string of the molecule is COC(=O)c1sc(-c2cc3ccccc3s2)cc1N. The molecule has 0 fully saturated rings. The maximum absolute atomic E-state index is 11.6. The Hall–Kier alpha value is -1.85. The molecule has 3 rings (SSSR count). The number of anilines is 1. The number of rotatable bonds is 2. The summed E-state index contributed by atoms with van der Waals surface area (Å²) in [5.74, 6) is -0.380. The molecule has 0 atom stereocenters. The molecule has 0 aliphatic heterocycles. The number of fused-ring (bicyclic) bond motifs is 1. The zero-order valence-corrected chi connectivity index (χ0v) is 11.8. The van der Waals surface area contributed by atoms with Crippen LogP contribution < -0.4 is 5.73 Å². The third-order valence-corrected chi connectivity index (χ3v) is 5.24. The molecular formula is C14H11NO2S2. The molecule has 0 aliphatic carbocycles. The Labute approximate surface area is 118 Å². The fraction of sp³-hybridized carbons (Fsp3) is 0.0714. The van der Waals surface area contributed by atoms with Gasteiger partial charge in [-0.05, 0) is 23.6 Å². The number of carbonyl (C=O) groups excluding carboxylic acids is 1. The largest absolute Gasteiger partial charge is 0.465 e. The van der Waals surface area contributed by atoms with Crippen molar-refractivity contribution in [2.24, 2.45) is 0 Å². The van der Waals surface area contributed by atoms with Crippen LogP contribution in [0.4, 0.5) is 5.69 Å². The molecule has 0 amide bonds. The molecule has 0 bridgehead atoms. The minimum atomic E-state index is -0.380. The first-order valence-corrected chi connectivity index (χ1v) is 7.29. The van der Waals surface area contributed by atoms with Crippen LogP contribution in [0.1, 0.15) is 9.67 Å². The van der Waals surface area contributed by atoms with Gasteiger partial charge in [0.1, 0.15) is 4.88 Å². The first-order chi connectivity index (χ1) is 9.19. The van der Waals surface area contributed by atoms with Crippen LogP contribution in [0.25, 0.3) is 19.8 Å². The van der Waals surface area contributed by atoms with E-state index < -0.39 is 0 Å². The highest BCUT2D eigenvalue weighted by Gasteiger charge is 2.16. The molecule has 2 heterocycles. The summed E-state index contributed by atoms with van der Waals surface area (Å²) < 4.78 is 5.95. The third-order valence-electron chi connectivity index (χ3n) is 2.80. The van der Waals surface area contributed by atoms with Crippen molar-refractivity contribution in [3.05, 3.63) is 41.3 Å². The van der Waals surface area contributed by atoms with E-state index in [4.69, 9.17) is 10.5 Å². The molecular weight excluding hydrogens is 278 g/mol. The molecule has 0 aliphatic rings. The second-order valence-electron chi connectivity index (χ2n) is 4.04. The van der Waals surface area contributed by atoms with Crippen LogP contribution in [0.2, 0.25) is 0 Å². The first kappa shape index (κ1) is 12.2. The number of ether oxygens (including phenoxy) is 1. The Morgan fingerprint density at radius 2 is 1.89 bits per heavy atom. The summed E-state index contributed by atoms with van der Waals surface area (Å²) in [5, 5.41) is 1.20. The molecule has 3 aromatic rings. The lowest BCUT2D eigenvalue weighted by atomic mass is 10.2. The molecule has 2 aromatic heterocycles. The molecule has 96 valence electrons. The molecule has 5 heteroatoms. The second kappa shape index (κ2) is 4.68.